The normalized spacial score (nSPS) is 15.6. The first-order chi connectivity index (χ1) is 12.0. The molecule has 0 bridgehead atoms. The number of piperidine rings is 1. The second-order valence-electron chi connectivity index (χ2n) is 6.43. The third-order valence-electron chi connectivity index (χ3n) is 4.57. The van der Waals surface area contributed by atoms with Crippen molar-refractivity contribution in [3.63, 3.8) is 0 Å². The van der Waals surface area contributed by atoms with Crippen LogP contribution in [0.5, 0.6) is 0 Å². The molecule has 25 heavy (non-hydrogen) atoms. The molecule has 6 nitrogen and oxygen atoms in total. The first-order valence-corrected chi connectivity index (χ1v) is 8.28. The predicted molar refractivity (Wildman–Crippen MR) is 92.4 cm³/mol. The van der Waals surface area contributed by atoms with E-state index in [1.165, 1.54) is 36.4 Å². The summed E-state index contributed by atoms with van der Waals surface area (Å²) in [6.07, 6.45) is 1.83. The van der Waals surface area contributed by atoms with Crippen molar-refractivity contribution in [1.29, 1.82) is 0 Å². The maximum Gasteiger partial charge on any atom is 0.274 e. The van der Waals surface area contributed by atoms with Gasteiger partial charge in [0, 0.05) is 25.2 Å². The summed E-state index contributed by atoms with van der Waals surface area (Å²) in [4.78, 5) is 28.7. The Morgan fingerprint density at radius 2 is 1.76 bits per heavy atom. The number of likely N-dealkylation sites (tertiary alicyclic amines) is 1. The first-order valence-electron chi connectivity index (χ1n) is 8.28. The Kier molecular flexibility index (Phi) is 4.94. The van der Waals surface area contributed by atoms with Crippen LogP contribution in [0.1, 0.15) is 23.3 Å². The van der Waals surface area contributed by atoms with Gasteiger partial charge in [0.15, 0.2) is 0 Å². The van der Waals surface area contributed by atoms with Gasteiger partial charge < -0.3 is 9.80 Å². The van der Waals surface area contributed by atoms with Crippen molar-refractivity contribution in [2.45, 2.75) is 18.9 Å². The third-order valence-corrected chi connectivity index (χ3v) is 4.57. The van der Waals surface area contributed by atoms with Crippen LogP contribution in [0, 0.1) is 5.82 Å². The van der Waals surface area contributed by atoms with Crippen molar-refractivity contribution in [1.82, 2.24) is 19.6 Å². The maximum atomic E-state index is 13.1. The van der Waals surface area contributed by atoms with Crippen molar-refractivity contribution in [3.05, 3.63) is 58.3 Å². The van der Waals surface area contributed by atoms with Crippen LogP contribution in [0.2, 0.25) is 0 Å². The molecule has 1 aliphatic heterocycles. The van der Waals surface area contributed by atoms with Gasteiger partial charge >= 0.3 is 0 Å². The number of carbonyl (C=O) groups is 1. The Balaban J connectivity index is 1.81. The van der Waals surface area contributed by atoms with Crippen LogP contribution in [0.25, 0.3) is 5.69 Å². The number of amides is 1. The van der Waals surface area contributed by atoms with E-state index in [0.717, 1.165) is 17.5 Å². The van der Waals surface area contributed by atoms with Crippen LogP contribution in [-0.4, -0.2) is 58.7 Å². The van der Waals surface area contributed by atoms with E-state index in [1.807, 2.05) is 14.1 Å². The lowest BCUT2D eigenvalue weighted by Crippen LogP contribution is -2.45. The van der Waals surface area contributed by atoms with Gasteiger partial charge in [0.1, 0.15) is 11.5 Å². The summed E-state index contributed by atoms with van der Waals surface area (Å²) in [5.41, 5.74) is 0.272. The maximum absolute atomic E-state index is 13.1. The molecule has 1 saturated heterocycles. The molecule has 7 heteroatoms. The lowest BCUT2D eigenvalue weighted by Gasteiger charge is -2.35. The molecule has 0 aliphatic carbocycles. The van der Waals surface area contributed by atoms with Crippen LogP contribution >= 0.6 is 0 Å². The summed E-state index contributed by atoms with van der Waals surface area (Å²) < 4.78 is 14.2. The second-order valence-corrected chi connectivity index (χ2v) is 6.43. The molecule has 0 saturated carbocycles. The van der Waals surface area contributed by atoms with Crippen LogP contribution in [-0.2, 0) is 0 Å². The van der Waals surface area contributed by atoms with Crippen molar-refractivity contribution in [2.75, 3.05) is 27.2 Å². The average molecular weight is 344 g/mol. The van der Waals surface area contributed by atoms with Gasteiger partial charge in [-0.25, -0.2) is 4.39 Å². The highest BCUT2D eigenvalue weighted by atomic mass is 19.1. The van der Waals surface area contributed by atoms with Gasteiger partial charge in [-0.05, 0) is 57.3 Å². The van der Waals surface area contributed by atoms with Crippen LogP contribution in [0.15, 0.2) is 41.2 Å². The van der Waals surface area contributed by atoms with Crippen molar-refractivity contribution in [2.24, 2.45) is 0 Å². The van der Waals surface area contributed by atoms with E-state index >= 15 is 0 Å². The van der Waals surface area contributed by atoms with Gasteiger partial charge in [0.05, 0.1) is 5.69 Å². The van der Waals surface area contributed by atoms with E-state index in [4.69, 9.17) is 0 Å². The van der Waals surface area contributed by atoms with E-state index in [0.29, 0.717) is 24.8 Å². The molecule has 1 fully saturated rings. The molecule has 2 heterocycles. The van der Waals surface area contributed by atoms with Gasteiger partial charge in [-0.2, -0.15) is 9.78 Å². The summed E-state index contributed by atoms with van der Waals surface area (Å²) in [5.74, 6) is -0.583. The highest BCUT2D eigenvalue weighted by Gasteiger charge is 2.25. The Hall–Kier alpha value is -2.54. The molecule has 1 aromatic heterocycles. The van der Waals surface area contributed by atoms with Gasteiger partial charge in [0.25, 0.3) is 11.5 Å². The lowest BCUT2D eigenvalue weighted by atomic mass is 10.0. The Bertz CT molecular complexity index is 809. The standard InChI is InChI=1S/C18H21FN4O2/c1-21(2)14-9-11-22(12-10-14)18(25)16-7-8-17(24)23(20-16)15-5-3-13(19)4-6-15/h3-8,14H,9-12H2,1-2H3. The number of aromatic nitrogens is 2. The predicted octanol–water partition coefficient (Wildman–Crippen LogP) is 1.54. The molecule has 0 spiro atoms. The minimum absolute atomic E-state index is 0.187. The summed E-state index contributed by atoms with van der Waals surface area (Å²) in [5, 5.41) is 4.18. The highest BCUT2D eigenvalue weighted by molar-refractivity contribution is 5.92. The smallest absolute Gasteiger partial charge is 0.274 e. The highest BCUT2D eigenvalue weighted by Crippen LogP contribution is 2.16. The van der Waals surface area contributed by atoms with Crippen molar-refractivity contribution < 1.29 is 9.18 Å². The van der Waals surface area contributed by atoms with Crippen molar-refractivity contribution >= 4 is 5.91 Å². The molecule has 3 rings (SSSR count). The molecule has 0 N–H and O–H groups in total. The fraction of sp³-hybridized carbons (Fsp3) is 0.389. The second kappa shape index (κ2) is 7.14. The quantitative estimate of drug-likeness (QED) is 0.847. The number of rotatable bonds is 3. The fourth-order valence-electron chi connectivity index (χ4n) is 3.04. The minimum Gasteiger partial charge on any atom is -0.337 e. The van der Waals surface area contributed by atoms with E-state index in [-0.39, 0.29) is 17.2 Å². The van der Waals surface area contributed by atoms with E-state index in [9.17, 15) is 14.0 Å². The summed E-state index contributed by atoms with van der Waals surface area (Å²) in [6.45, 7) is 1.33. The zero-order valence-corrected chi connectivity index (χ0v) is 14.4. The summed E-state index contributed by atoms with van der Waals surface area (Å²) >= 11 is 0. The molecule has 0 radical (unpaired) electrons. The van der Waals surface area contributed by atoms with Gasteiger partial charge in [-0.15, -0.1) is 0 Å². The molecule has 132 valence electrons. The Morgan fingerprint density at radius 1 is 1.12 bits per heavy atom. The molecule has 1 aromatic carbocycles. The molecule has 0 unspecified atom stereocenters. The van der Waals surface area contributed by atoms with Crippen LogP contribution < -0.4 is 5.56 Å². The number of benzene rings is 1. The molecule has 1 aliphatic rings. The number of hydrogen-bond acceptors (Lipinski definition) is 4. The van der Waals surface area contributed by atoms with Gasteiger partial charge in [-0.3, -0.25) is 9.59 Å². The molecular formula is C18H21FN4O2. The first kappa shape index (κ1) is 17.3. The van der Waals surface area contributed by atoms with E-state index in [2.05, 4.69) is 10.00 Å². The topological polar surface area (TPSA) is 58.4 Å². The Morgan fingerprint density at radius 3 is 2.36 bits per heavy atom. The molecule has 0 atom stereocenters. The minimum atomic E-state index is -0.396. The molecular weight excluding hydrogens is 323 g/mol. The summed E-state index contributed by atoms with van der Waals surface area (Å²) in [6, 6.07) is 8.67. The third kappa shape index (κ3) is 3.76. The number of carbonyl (C=O) groups excluding carboxylic acids is 1. The number of hydrogen-bond donors (Lipinski definition) is 0. The SMILES string of the molecule is CN(C)C1CCN(C(=O)c2ccc(=O)n(-c3ccc(F)cc3)n2)CC1. The number of halogens is 1. The average Bonchev–Trinajstić information content (AvgIpc) is 2.62. The number of nitrogens with zero attached hydrogens (tertiary/aromatic N) is 4. The summed E-state index contributed by atoms with van der Waals surface area (Å²) in [7, 11) is 4.09. The van der Waals surface area contributed by atoms with E-state index < -0.39 is 5.82 Å². The van der Waals surface area contributed by atoms with Crippen molar-refractivity contribution in [3.8, 4) is 5.69 Å². The molecule has 1 amide bonds. The van der Waals surface area contributed by atoms with Gasteiger partial charge in [-0.1, -0.05) is 0 Å². The molecule has 2 aromatic rings. The zero-order valence-electron chi connectivity index (χ0n) is 14.4. The van der Waals surface area contributed by atoms with E-state index in [1.54, 1.807) is 4.90 Å². The van der Waals surface area contributed by atoms with Crippen LogP contribution in [0.4, 0.5) is 4.39 Å². The fourth-order valence-corrected chi connectivity index (χ4v) is 3.04. The monoisotopic (exact) mass is 344 g/mol. The zero-order chi connectivity index (χ0) is 18.0. The largest absolute Gasteiger partial charge is 0.337 e. The lowest BCUT2D eigenvalue weighted by molar-refractivity contribution is 0.0655. The van der Waals surface area contributed by atoms with Crippen LogP contribution in [0.3, 0.4) is 0 Å². The Labute approximate surface area is 145 Å². The van der Waals surface area contributed by atoms with Gasteiger partial charge in [0.2, 0.25) is 0 Å².